The van der Waals surface area contributed by atoms with Crippen LogP contribution in [-0.2, 0) is 20.9 Å². The standard InChI is InChI=1S/C19H20FNO4/c1-12-7-8-16(10-17(12)20)21-18(22)13(2)25-19(23)15-6-4-5-14(9-15)11-24-3/h4-10,13H,11H2,1-3H3,(H,21,22)/t13-/m0/s1. The van der Waals surface area contributed by atoms with E-state index in [9.17, 15) is 14.0 Å². The topological polar surface area (TPSA) is 64.6 Å². The Hall–Kier alpha value is -2.73. The van der Waals surface area contributed by atoms with Crippen molar-refractivity contribution in [3.05, 3.63) is 65.0 Å². The Bertz CT molecular complexity index is 776. The van der Waals surface area contributed by atoms with Gasteiger partial charge >= 0.3 is 5.97 Å². The average molecular weight is 345 g/mol. The molecule has 0 aliphatic rings. The first kappa shape index (κ1) is 18.6. The first-order chi connectivity index (χ1) is 11.9. The van der Waals surface area contributed by atoms with Crippen molar-refractivity contribution in [3.63, 3.8) is 0 Å². The molecule has 2 aromatic rings. The summed E-state index contributed by atoms with van der Waals surface area (Å²) < 4.78 is 23.7. The van der Waals surface area contributed by atoms with Crippen LogP contribution in [0.4, 0.5) is 10.1 Å². The molecule has 2 aromatic carbocycles. The highest BCUT2D eigenvalue weighted by molar-refractivity contribution is 5.97. The Morgan fingerprint density at radius 3 is 2.64 bits per heavy atom. The van der Waals surface area contributed by atoms with Gasteiger partial charge in [0.05, 0.1) is 12.2 Å². The molecule has 0 heterocycles. The molecule has 2 rings (SSSR count). The Morgan fingerprint density at radius 2 is 1.96 bits per heavy atom. The maximum Gasteiger partial charge on any atom is 0.338 e. The van der Waals surface area contributed by atoms with Crippen molar-refractivity contribution in [1.82, 2.24) is 0 Å². The fourth-order valence-corrected chi connectivity index (χ4v) is 2.15. The van der Waals surface area contributed by atoms with Gasteiger partial charge < -0.3 is 14.8 Å². The number of methoxy groups -OCH3 is 1. The molecule has 0 saturated carbocycles. The Morgan fingerprint density at radius 1 is 1.20 bits per heavy atom. The van der Waals surface area contributed by atoms with Crippen molar-refractivity contribution < 1.29 is 23.5 Å². The van der Waals surface area contributed by atoms with E-state index in [2.05, 4.69) is 5.32 Å². The number of aryl methyl sites for hydroxylation is 1. The minimum Gasteiger partial charge on any atom is -0.449 e. The van der Waals surface area contributed by atoms with Crippen LogP contribution in [0.1, 0.15) is 28.4 Å². The third kappa shape index (κ3) is 5.12. The first-order valence-electron chi connectivity index (χ1n) is 7.76. The molecule has 132 valence electrons. The molecule has 0 aromatic heterocycles. The number of nitrogens with one attached hydrogen (secondary N) is 1. The number of benzene rings is 2. The zero-order valence-corrected chi connectivity index (χ0v) is 14.3. The maximum absolute atomic E-state index is 13.5. The number of ether oxygens (including phenoxy) is 2. The predicted molar refractivity (Wildman–Crippen MR) is 91.8 cm³/mol. The average Bonchev–Trinajstić information content (AvgIpc) is 2.58. The number of amides is 1. The Kier molecular flexibility index (Phi) is 6.25. The van der Waals surface area contributed by atoms with Crippen molar-refractivity contribution in [2.45, 2.75) is 26.6 Å². The molecule has 5 nitrogen and oxygen atoms in total. The molecular formula is C19H20FNO4. The van der Waals surface area contributed by atoms with Crippen LogP contribution in [0.2, 0.25) is 0 Å². The van der Waals surface area contributed by atoms with Gasteiger partial charge in [0.2, 0.25) is 0 Å². The van der Waals surface area contributed by atoms with E-state index in [0.717, 1.165) is 5.56 Å². The summed E-state index contributed by atoms with van der Waals surface area (Å²) >= 11 is 0. The minimum absolute atomic E-state index is 0.304. The number of esters is 1. The summed E-state index contributed by atoms with van der Waals surface area (Å²) in [7, 11) is 1.56. The van der Waals surface area contributed by atoms with Gasteiger partial charge in [0.25, 0.3) is 5.91 Å². The SMILES string of the molecule is COCc1cccc(C(=O)O[C@@H](C)C(=O)Nc2ccc(C)c(F)c2)c1. The van der Waals surface area contributed by atoms with Gasteiger partial charge in [-0.2, -0.15) is 0 Å². The summed E-state index contributed by atoms with van der Waals surface area (Å²) in [4.78, 5) is 24.3. The van der Waals surface area contributed by atoms with Crippen LogP contribution < -0.4 is 5.32 Å². The molecule has 0 bridgehead atoms. The summed E-state index contributed by atoms with van der Waals surface area (Å²) in [6.07, 6.45) is -1.03. The summed E-state index contributed by atoms with van der Waals surface area (Å²) in [6, 6.07) is 11.1. The third-order valence-electron chi connectivity index (χ3n) is 3.57. The monoisotopic (exact) mass is 345 g/mol. The van der Waals surface area contributed by atoms with E-state index >= 15 is 0 Å². The molecule has 0 aliphatic heterocycles. The second-order valence-electron chi connectivity index (χ2n) is 5.63. The number of hydrogen-bond acceptors (Lipinski definition) is 4. The van der Waals surface area contributed by atoms with Gasteiger partial charge in [0, 0.05) is 12.8 Å². The summed E-state index contributed by atoms with van der Waals surface area (Å²) in [6.45, 7) is 3.45. The van der Waals surface area contributed by atoms with E-state index in [-0.39, 0.29) is 0 Å². The van der Waals surface area contributed by atoms with Crippen LogP contribution in [0.15, 0.2) is 42.5 Å². The van der Waals surface area contributed by atoms with Crippen molar-refractivity contribution in [3.8, 4) is 0 Å². The number of anilines is 1. The van der Waals surface area contributed by atoms with Gasteiger partial charge in [0.15, 0.2) is 6.10 Å². The predicted octanol–water partition coefficient (Wildman–Crippen LogP) is 3.46. The second kappa shape index (κ2) is 8.39. The second-order valence-corrected chi connectivity index (χ2v) is 5.63. The summed E-state index contributed by atoms with van der Waals surface area (Å²) in [5.41, 5.74) is 1.94. The molecule has 0 unspecified atom stereocenters. The molecule has 1 amide bonds. The zero-order chi connectivity index (χ0) is 18.4. The summed E-state index contributed by atoms with van der Waals surface area (Å²) in [5, 5.41) is 2.52. The Balaban J connectivity index is 1.99. The molecule has 1 atom stereocenters. The first-order valence-corrected chi connectivity index (χ1v) is 7.76. The fourth-order valence-electron chi connectivity index (χ4n) is 2.15. The van der Waals surface area contributed by atoms with Gasteiger partial charge in [-0.25, -0.2) is 9.18 Å². The van der Waals surface area contributed by atoms with Crippen molar-refractivity contribution >= 4 is 17.6 Å². The van der Waals surface area contributed by atoms with E-state index in [4.69, 9.17) is 9.47 Å². The molecule has 0 aliphatic carbocycles. The molecule has 0 spiro atoms. The van der Waals surface area contributed by atoms with Crippen molar-refractivity contribution in [2.24, 2.45) is 0 Å². The van der Waals surface area contributed by atoms with Crippen LogP contribution >= 0.6 is 0 Å². The van der Waals surface area contributed by atoms with Crippen LogP contribution in [-0.4, -0.2) is 25.1 Å². The molecule has 6 heteroatoms. The molecule has 0 radical (unpaired) electrons. The third-order valence-corrected chi connectivity index (χ3v) is 3.57. The molecule has 0 fully saturated rings. The lowest BCUT2D eigenvalue weighted by Gasteiger charge is -2.14. The minimum atomic E-state index is -1.03. The van der Waals surface area contributed by atoms with E-state index < -0.39 is 23.8 Å². The maximum atomic E-state index is 13.5. The highest BCUT2D eigenvalue weighted by Gasteiger charge is 2.19. The van der Waals surface area contributed by atoms with Crippen LogP contribution in [0, 0.1) is 12.7 Å². The fraction of sp³-hybridized carbons (Fsp3) is 0.263. The lowest BCUT2D eigenvalue weighted by Crippen LogP contribution is -2.30. The normalized spacial score (nSPS) is 11.7. The van der Waals surface area contributed by atoms with Crippen molar-refractivity contribution in [1.29, 1.82) is 0 Å². The quantitative estimate of drug-likeness (QED) is 0.814. The van der Waals surface area contributed by atoms with E-state index in [0.29, 0.717) is 23.4 Å². The van der Waals surface area contributed by atoms with Gasteiger partial charge in [-0.05, 0) is 49.2 Å². The lowest BCUT2D eigenvalue weighted by molar-refractivity contribution is -0.123. The van der Waals surface area contributed by atoms with E-state index in [1.807, 2.05) is 6.07 Å². The van der Waals surface area contributed by atoms with Crippen LogP contribution in [0.5, 0.6) is 0 Å². The molecule has 25 heavy (non-hydrogen) atoms. The number of carbonyl (C=O) groups excluding carboxylic acids is 2. The smallest absolute Gasteiger partial charge is 0.338 e. The van der Waals surface area contributed by atoms with Gasteiger partial charge in [-0.3, -0.25) is 4.79 Å². The van der Waals surface area contributed by atoms with Crippen LogP contribution in [0.25, 0.3) is 0 Å². The van der Waals surface area contributed by atoms with Crippen LogP contribution in [0.3, 0.4) is 0 Å². The van der Waals surface area contributed by atoms with Gasteiger partial charge in [0.1, 0.15) is 5.82 Å². The van der Waals surface area contributed by atoms with E-state index in [1.54, 1.807) is 44.4 Å². The summed E-state index contributed by atoms with van der Waals surface area (Å²) in [5.74, 6) is -1.57. The lowest BCUT2D eigenvalue weighted by atomic mass is 10.1. The van der Waals surface area contributed by atoms with E-state index in [1.165, 1.54) is 13.0 Å². The van der Waals surface area contributed by atoms with Gasteiger partial charge in [-0.1, -0.05) is 18.2 Å². The largest absolute Gasteiger partial charge is 0.449 e. The number of carbonyl (C=O) groups is 2. The molecule has 0 saturated heterocycles. The molecular weight excluding hydrogens is 325 g/mol. The Labute approximate surface area is 145 Å². The highest BCUT2D eigenvalue weighted by atomic mass is 19.1. The van der Waals surface area contributed by atoms with Crippen molar-refractivity contribution in [2.75, 3.05) is 12.4 Å². The molecule has 1 N–H and O–H groups in total. The highest BCUT2D eigenvalue weighted by Crippen LogP contribution is 2.15. The van der Waals surface area contributed by atoms with Gasteiger partial charge in [-0.15, -0.1) is 0 Å². The zero-order valence-electron chi connectivity index (χ0n) is 14.3. The number of rotatable bonds is 6. The number of hydrogen-bond donors (Lipinski definition) is 1. The number of halogens is 1.